The van der Waals surface area contributed by atoms with Gasteiger partial charge in [0.25, 0.3) is 0 Å². The fraction of sp³-hybridized carbons (Fsp3) is 0.524. The van der Waals surface area contributed by atoms with Crippen molar-refractivity contribution in [3.63, 3.8) is 0 Å². The van der Waals surface area contributed by atoms with Crippen molar-refractivity contribution in [1.82, 2.24) is 9.80 Å². The van der Waals surface area contributed by atoms with E-state index in [2.05, 4.69) is 9.80 Å². The minimum atomic E-state index is -0.564. The van der Waals surface area contributed by atoms with Gasteiger partial charge in [-0.1, -0.05) is 18.2 Å². The molecule has 0 saturated carbocycles. The van der Waals surface area contributed by atoms with Crippen molar-refractivity contribution in [2.24, 2.45) is 0 Å². The monoisotopic (exact) mass is 374 g/mol. The molecule has 1 N–H and O–H groups in total. The molecular weight excluding hydrogens is 344 g/mol. The summed E-state index contributed by atoms with van der Waals surface area (Å²) in [7, 11) is 0. The second-order valence-electron chi connectivity index (χ2n) is 6.98. The number of aliphatic hydroxyl groups is 1. The van der Waals surface area contributed by atoms with Gasteiger partial charge in [-0.15, -0.1) is 0 Å². The minimum Gasteiger partial charge on any atom is -0.491 e. The number of aryl methyl sites for hydroxylation is 1. The first-order valence-corrected chi connectivity index (χ1v) is 9.63. The first kappa shape index (κ1) is 19.9. The molecule has 6 nitrogen and oxygen atoms in total. The summed E-state index contributed by atoms with van der Waals surface area (Å²) in [5.74, 6) is 2.61. The predicted molar refractivity (Wildman–Crippen MR) is 104 cm³/mol. The molecule has 1 aromatic carbocycles. The third-order valence-corrected chi connectivity index (χ3v) is 4.67. The van der Waals surface area contributed by atoms with Crippen molar-refractivity contribution in [3.8, 4) is 5.75 Å². The van der Waals surface area contributed by atoms with Gasteiger partial charge in [-0.05, 0) is 31.2 Å². The van der Waals surface area contributed by atoms with E-state index in [-0.39, 0.29) is 6.61 Å². The Labute approximate surface area is 161 Å². The molecule has 148 valence electrons. The van der Waals surface area contributed by atoms with Crippen LogP contribution in [-0.4, -0.2) is 73.6 Å². The molecule has 1 aliphatic heterocycles. The number of nitrogens with zero attached hydrogens (tertiary/aromatic N) is 2. The van der Waals surface area contributed by atoms with E-state index in [1.807, 2.05) is 49.4 Å². The zero-order chi connectivity index (χ0) is 18.9. The molecule has 6 heteroatoms. The Hall–Kier alpha value is -1.86. The second kappa shape index (κ2) is 10.5. The van der Waals surface area contributed by atoms with E-state index in [0.29, 0.717) is 13.1 Å². The van der Waals surface area contributed by atoms with Crippen molar-refractivity contribution in [1.29, 1.82) is 0 Å². The number of rotatable bonds is 10. The molecule has 0 spiro atoms. The minimum absolute atomic E-state index is 0.273. The largest absolute Gasteiger partial charge is 0.491 e. The van der Waals surface area contributed by atoms with Crippen molar-refractivity contribution in [2.75, 3.05) is 52.5 Å². The number of aliphatic hydroxyl groups excluding tert-OH is 1. The molecule has 3 rings (SSSR count). The second-order valence-corrected chi connectivity index (χ2v) is 6.98. The number of para-hydroxylation sites is 1. The van der Waals surface area contributed by atoms with Crippen LogP contribution in [0.4, 0.5) is 0 Å². The summed E-state index contributed by atoms with van der Waals surface area (Å²) in [6.07, 6.45) is -0.564. The van der Waals surface area contributed by atoms with E-state index >= 15 is 0 Å². The highest BCUT2D eigenvalue weighted by molar-refractivity contribution is 5.20. The number of hydrogen-bond donors (Lipinski definition) is 1. The number of furan rings is 1. The summed E-state index contributed by atoms with van der Waals surface area (Å²) in [6.45, 7) is 8.78. The average molecular weight is 374 g/mol. The molecule has 2 aromatic rings. The lowest BCUT2D eigenvalue weighted by Crippen LogP contribution is -2.43. The quantitative estimate of drug-likeness (QED) is 0.688. The summed E-state index contributed by atoms with van der Waals surface area (Å²) < 4.78 is 16.8. The van der Waals surface area contributed by atoms with Crippen molar-refractivity contribution >= 4 is 0 Å². The maximum absolute atomic E-state index is 10.5. The Morgan fingerprint density at radius 2 is 1.93 bits per heavy atom. The SMILES string of the molecule is Cc1ccc(CN(CCN2CCOCC2)CC(O)COc2ccccc2)o1. The van der Waals surface area contributed by atoms with Crippen LogP contribution < -0.4 is 4.74 Å². The fourth-order valence-corrected chi connectivity index (χ4v) is 3.19. The third-order valence-electron chi connectivity index (χ3n) is 4.67. The van der Waals surface area contributed by atoms with Crippen molar-refractivity contribution < 1.29 is 19.0 Å². The molecule has 0 bridgehead atoms. The van der Waals surface area contributed by atoms with Gasteiger partial charge in [0.2, 0.25) is 0 Å². The highest BCUT2D eigenvalue weighted by Gasteiger charge is 2.17. The topological polar surface area (TPSA) is 58.3 Å². The van der Waals surface area contributed by atoms with Gasteiger partial charge in [-0.25, -0.2) is 0 Å². The zero-order valence-electron chi connectivity index (χ0n) is 16.0. The maximum Gasteiger partial charge on any atom is 0.119 e. The molecule has 1 fully saturated rings. The van der Waals surface area contributed by atoms with Crippen LogP contribution in [-0.2, 0) is 11.3 Å². The molecule has 0 radical (unpaired) electrons. The normalized spacial score (nSPS) is 16.6. The van der Waals surface area contributed by atoms with E-state index in [9.17, 15) is 5.11 Å². The summed E-state index contributed by atoms with van der Waals surface area (Å²) >= 11 is 0. The Morgan fingerprint density at radius 3 is 2.63 bits per heavy atom. The fourth-order valence-electron chi connectivity index (χ4n) is 3.19. The average Bonchev–Trinajstić information content (AvgIpc) is 3.11. The third kappa shape index (κ3) is 6.99. The Morgan fingerprint density at radius 1 is 1.15 bits per heavy atom. The van der Waals surface area contributed by atoms with Crippen LogP contribution in [0.15, 0.2) is 46.9 Å². The highest BCUT2D eigenvalue weighted by Crippen LogP contribution is 2.12. The molecule has 1 atom stereocenters. The lowest BCUT2D eigenvalue weighted by atomic mass is 10.3. The van der Waals surface area contributed by atoms with Gasteiger partial charge in [-0.3, -0.25) is 9.80 Å². The smallest absolute Gasteiger partial charge is 0.119 e. The first-order chi connectivity index (χ1) is 13.2. The molecule has 2 heterocycles. The molecule has 1 unspecified atom stereocenters. The van der Waals surface area contributed by atoms with E-state index in [0.717, 1.165) is 56.7 Å². The van der Waals surface area contributed by atoms with Crippen LogP contribution in [0, 0.1) is 6.92 Å². The van der Waals surface area contributed by atoms with Crippen LogP contribution in [0.5, 0.6) is 5.75 Å². The molecule has 1 saturated heterocycles. The van der Waals surface area contributed by atoms with Gasteiger partial charge >= 0.3 is 0 Å². The predicted octanol–water partition coefficient (Wildman–Crippen LogP) is 2.16. The van der Waals surface area contributed by atoms with E-state index < -0.39 is 6.10 Å². The summed E-state index contributed by atoms with van der Waals surface area (Å²) in [6, 6.07) is 13.6. The van der Waals surface area contributed by atoms with Gasteiger partial charge in [0.05, 0.1) is 19.8 Å². The van der Waals surface area contributed by atoms with Crippen LogP contribution in [0.3, 0.4) is 0 Å². The molecule has 1 aromatic heterocycles. The standard InChI is InChI=1S/C21H30N2O4/c1-18-7-8-21(27-18)16-23(10-9-22-11-13-25-14-12-22)15-19(24)17-26-20-5-3-2-4-6-20/h2-8,19,24H,9-17H2,1H3. The maximum atomic E-state index is 10.5. The Bertz CT molecular complexity index is 655. The summed E-state index contributed by atoms with van der Waals surface area (Å²) in [5.41, 5.74) is 0. The van der Waals surface area contributed by atoms with E-state index in [4.69, 9.17) is 13.9 Å². The molecule has 27 heavy (non-hydrogen) atoms. The first-order valence-electron chi connectivity index (χ1n) is 9.63. The van der Waals surface area contributed by atoms with Gasteiger partial charge in [0.1, 0.15) is 30.0 Å². The number of benzene rings is 1. The van der Waals surface area contributed by atoms with Crippen LogP contribution >= 0.6 is 0 Å². The summed E-state index contributed by atoms with van der Waals surface area (Å²) in [4.78, 5) is 4.63. The number of morpholine rings is 1. The summed E-state index contributed by atoms with van der Waals surface area (Å²) in [5, 5.41) is 10.5. The number of ether oxygens (including phenoxy) is 2. The Kier molecular flexibility index (Phi) is 7.71. The van der Waals surface area contributed by atoms with Gasteiger partial charge < -0.3 is 19.0 Å². The van der Waals surface area contributed by atoms with Crippen molar-refractivity contribution in [3.05, 3.63) is 54.0 Å². The lowest BCUT2D eigenvalue weighted by molar-refractivity contribution is 0.0247. The molecule has 0 amide bonds. The Balaban J connectivity index is 1.51. The van der Waals surface area contributed by atoms with Crippen LogP contribution in [0.25, 0.3) is 0 Å². The molecule has 0 aliphatic carbocycles. The van der Waals surface area contributed by atoms with Gasteiger partial charge in [0, 0.05) is 32.7 Å². The molecule has 1 aliphatic rings. The van der Waals surface area contributed by atoms with Crippen LogP contribution in [0.1, 0.15) is 11.5 Å². The van der Waals surface area contributed by atoms with Crippen LogP contribution in [0.2, 0.25) is 0 Å². The highest BCUT2D eigenvalue weighted by atomic mass is 16.5. The number of hydrogen-bond acceptors (Lipinski definition) is 6. The molecular formula is C21H30N2O4. The van der Waals surface area contributed by atoms with E-state index in [1.165, 1.54) is 0 Å². The van der Waals surface area contributed by atoms with E-state index in [1.54, 1.807) is 0 Å². The van der Waals surface area contributed by atoms with Gasteiger partial charge in [0.15, 0.2) is 0 Å². The van der Waals surface area contributed by atoms with Crippen molar-refractivity contribution in [2.45, 2.75) is 19.6 Å². The van der Waals surface area contributed by atoms with Gasteiger partial charge in [-0.2, -0.15) is 0 Å². The zero-order valence-corrected chi connectivity index (χ0v) is 16.0. The lowest BCUT2D eigenvalue weighted by Gasteiger charge is -2.30.